The van der Waals surface area contributed by atoms with Gasteiger partial charge in [-0.05, 0) is 43.2 Å². The summed E-state index contributed by atoms with van der Waals surface area (Å²) < 4.78 is 0. The topological polar surface area (TPSA) is 80.0 Å². The van der Waals surface area contributed by atoms with Crippen molar-refractivity contribution in [2.45, 2.75) is 19.9 Å². The van der Waals surface area contributed by atoms with Crippen LogP contribution in [-0.2, 0) is 0 Å². The second-order valence-corrected chi connectivity index (χ2v) is 5.13. The molecule has 1 atom stereocenters. The van der Waals surface area contributed by atoms with Crippen LogP contribution < -0.4 is 16.4 Å². The smallest absolute Gasteiger partial charge is 0.316 e. The van der Waals surface area contributed by atoms with Crippen LogP contribution >= 0.6 is 11.6 Å². The molecule has 21 heavy (non-hydrogen) atoms. The summed E-state index contributed by atoms with van der Waals surface area (Å²) in [5.74, 6) is 0. The highest BCUT2D eigenvalue weighted by Crippen LogP contribution is 2.27. The maximum atomic E-state index is 10.8. The Bertz CT molecular complexity index is 622. The third kappa shape index (κ3) is 3.86. The number of hydrogen-bond donors (Lipinski definition) is 3. The van der Waals surface area contributed by atoms with E-state index in [2.05, 4.69) is 15.6 Å². The maximum Gasteiger partial charge on any atom is 0.316 e. The lowest BCUT2D eigenvalue weighted by Crippen LogP contribution is -2.19. The molecule has 1 aromatic heterocycles. The number of anilines is 2. The Labute approximate surface area is 128 Å². The largest absolute Gasteiger partial charge is 0.376 e. The van der Waals surface area contributed by atoms with Crippen LogP contribution in [0.5, 0.6) is 0 Å². The molecule has 0 saturated carbocycles. The molecular weight excluding hydrogens is 288 g/mol. The van der Waals surface area contributed by atoms with Crippen LogP contribution in [0.15, 0.2) is 36.5 Å². The zero-order valence-corrected chi connectivity index (χ0v) is 12.6. The molecule has 0 saturated heterocycles. The molecule has 0 aliphatic rings. The molecule has 0 bridgehead atoms. The van der Waals surface area contributed by atoms with E-state index in [9.17, 15) is 4.79 Å². The molecule has 0 fully saturated rings. The van der Waals surface area contributed by atoms with E-state index in [4.69, 9.17) is 17.3 Å². The molecule has 1 heterocycles. The van der Waals surface area contributed by atoms with Gasteiger partial charge in [0.05, 0.1) is 5.69 Å². The van der Waals surface area contributed by atoms with E-state index < -0.39 is 6.03 Å². The molecule has 6 heteroatoms. The SMILES string of the molecule is Cc1ccnc(Cl)c1NC(C)c1ccc(NC(N)=O)cc1. The van der Waals surface area contributed by atoms with Gasteiger partial charge >= 0.3 is 6.03 Å². The van der Waals surface area contributed by atoms with Crippen molar-refractivity contribution in [3.8, 4) is 0 Å². The number of rotatable bonds is 4. The van der Waals surface area contributed by atoms with Gasteiger partial charge in [-0.15, -0.1) is 0 Å². The molecule has 1 unspecified atom stereocenters. The van der Waals surface area contributed by atoms with E-state index in [0.717, 1.165) is 16.8 Å². The van der Waals surface area contributed by atoms with Crippen molar-refractivity contribution in [3.05, 3.63) is 52.8 Å². The zero-order valence-electron chi connectivity index (χ0n) is 11.9. The molecule has 0 aliphatic heterocycles. The van der Waals surface area contributed by atoms with Gasteiger partial charge in [0, 0.05) is 17.9 Å². The first-order chi connectivity index (χ1) is 9.97. The van der Waals surface area contributed by atoms with Gasteiger partial charge in [-0.1, -0.05) is 23.7 Å². The fraction of sp³-hybridized carbons (Fsp3) is 0.200. The molecule has 0 radical (unpaired) electrons. The number of urea groups is 1. The number of carbonyl (C=O) groups excluding carboxylic acids is 1. The number of carbonyl (C=O) groups is 1. The van der Waals surface area contributed by atoms with E-state index in [0.29, 0.717) is 10.8 Å². The Morgan fingerprint density at radius 2 is 1.95 bits per heavy atom. The summed E-state index contributed by atoms with van der Waals surface area (Å²) in [6, 6.07) is 8.82. The van der Waals surface area contributed by atoms with Crippen molar-refractivity contribution in [2.75, 3.05) is 10.6 Å². The van der Waals surface area contributed by atoms with Gasteiger partial charge in [0.1, 0.15) is 0 Å². The first-order valence-corrected chi connectivity index (χ1v) is 6.89. The third-order valence-corrected chi connectivity index (χ3v) is 3.44. The van der Waals surface area contributed by atoms with Crippen molar-refractivity contribution in [1.82, 2.24) is 4.98 Å². The van der Waals surface area contributed by atoms with Gasteiger partial charge in [0.15, 0.2) is 5.15 Å². The van der Waals surface area contributed by atoms with Crippen LogP contribution in [0, 0.1) is 6.92 Å². The van der Waals surface area contributed by atoms with Crippen LogP contribution in [0.1, 0.15) is 24.1 Å². The van der Waals surface area contributed by atoms with Crippen LogP contribution in [0.2, 0.25) is 5.15 Å². The highest BCUT2D eigenvalue weighted by Gasteiger charge is 2.10. The fourth-order valence-corrected chi connectivity index (χ4v) is 2.26. The lowest BCUT2D eigenvalue weighted by molar-refractivity contribution is 0.259. The maximum absolute atomic E-state index is 10.8. The van der Waals surface area contributed by atoms with Crippen LogP contribution in [-0.4, -0.2) is 11.0 Å². The average molecular weight is 305 g/mol. The summed E-state index contributed by atoms with van der Waals surface area (Å²) >= 11 is 6.11. The van der Waals surface area contributed by atoms with Gasteiger partial charge in [-0.2, -0.15) is 0 Å². The number of nitrogens with zero attached hydrogens (tertiary/aromatic N) is 1. The van der Waals surface area contributed by atoms with Crippen molar-refractivity contribution in [2.24, 2.45) is 5.73 Å². The third-order valence-electron chi connectivity index (χ3n) is 3.15. The molecule has 110 valence electrons. The molecule has 2 aromatic rings. The average Bonchev–Trinajstić information content (AvgIpc) is 2.43. The Kier molecular flexibility index (Phi) is 4.65. The van der Waals surface area contributed by atoms with E-state index in [1.54, 1.807) is 18.3 Å². The highest BCUT2D eigenvalue weighted by atomic mass is 35.5. The monoisotopic (exact) mass is 304 g/mol. The van der Waals surface area contributed by atoms with E-state index in [-0.39, 0.29) is 6.04 Å². The first kappa shape index (κ1) is 15.1. The van der Waals surface area contributed by atoms with E-state index in [1.807, 2.05) is 32.0 Å². The Morgan fingerprint density at radius 1 is 1.29 bits per heavy atom. The summed E-state index contributed by atoms with van der Waals surface area (Å²) in [6.07, 6.45) is 1.68. The first-order valence-electron chi connectivity index (χ1n) is 6.51. The van der Waals surface area contributed by atoms with Crippen molar-refractivity contribution < 1.29 is 4.79 Å². The Balaban J connectivity index is 2.13. The summed E-state index contributed by atoms with van der Waals surface area (Å²) in [4.78, 5) is 14.9. The molecular formula is C15H17ClN4O. The zero-order chi connectivity index (χ0) is 15.4. The number of benzene rings is 1. The quantitative estimate of drug-likeness (QED) is 0.753. The number of aromatic nitrogens is 1. The van der Waals surface area contributed by atoms with Gasteiger partial charge in [0.2, 0.25) is 0 Å². The molecule has 1 aromatic carbocycles. The van der Waals surface area contributed by atoms with Crippen molar-refractivity contribution >= 4 is 29.0 Å². The van der Waals surface area contributed by atoms with Gasteiger partial charge in [0.25, 0.3) is 0 Å². The number of aryl methyl sites for hydroxylation is 1. The normalized spacial score (nSPS) is 11.8. The second-order valence-electron chi connectivity index (χ2n) is 4.77. The fourth-order valence-electron chi connectivity index (χ4n) is 2.00. The molecule has 0 aliphatic carbocycles. The highest BCUT2D eigenvalue weighted by molar-refractivity contribution is 6.32. The number of nitrogens with one attached hydrogen (secondary N) is 2. The number of primary amides is 1. The van der Waals surface area contributed by atoms with Crippen LogP contribution in [0.4, 0.5) is 16.2 Å². The van der Waals surface area contributed by atoms with Gasteiger partial charge < -0.3 is 16.4 Å². The lowest BCUT2D eigenvalue weighted by Gasteiger charge is -2.18. The summed E-state index contributed by atoms with van der Waals surface area (Å²) in [5, 5.41) is 6.33. The molecule has 0 spiro atoms. The number of nitrogens with two attached hydrogens (primary N) is 1. The summed E-state index contributed by atoms with van der Waals surface area (Å²) in [6.45, 7) is 4.00. The molecule has 4 N–H and O–H groups in total. The molecule has 5 nitrogen and oxygen atoms in total. The lowest BCUT2D eigenvalue weighted by atomic mass is 10.1. The molecule has 2 amide bonds. The van der Waals surface area contributed by atoms with Crippen LogP contribution in [0.25, 0.3) is 0 Å². The number of amides is 2. The van der Waals surface area contributed by atoms with E-state index >= 15 is 0 Å². The number of halogens is 1. The van der Waals surface area contributed by atoms with Gasteiger partial charge in [-0.3, -0.25) is 0 Å². The molecule has 2 rings (SSSR count). The standard InChI is InChI=1S/C15H17ClN4O/c1-9-7-8-18-14(16)13(9)19-10(2)11-3-5-12(6-4-11)20-15(17)21/h3-8,10,19H,1-2H3,(H3,17,20,21). The Morgan fingerprint density at radius 3 is 2.52 bits per heavy atom. The predicted octanol–water partition coefficient (Wildman–Crippen LogP) is 3.71. The van der Waals surface area contributed by atoms with Crippen molar-refractivity contribution in [3.63, 3.8) is 0 Å². The van der Waals surface area contributed by atoms with Crippen molar-refractivity contribution in [1.29, 1.82) is 0 Å². The number of hydrogen-bond acceptors (Lipinski definition) is 3. The second kappa shape index (κ2) is 6.45. The summed E-state index contributed by atoms with van der Waals surface area (Å²) in [5.41, 5.74) is 8.66. The summed E-state index contributed by atoms with van der Waals surface area (Å²) in [7, 11) is 0. The predicted molar refractivity (Wildman–Crippen MR) is 85.7 cm³/mol. The van der Waals surface area contributed by atoms with E-state index in [1.165, 1.54) is 0 Å². The minimum absolute atomic E-state index is 0.0491. The van der Waals surface area contributed by atoms with Gasteiger partial charge in [-0.25, -0.2) is 9.78 Å². The van der Waals surface area contributed by atoms with Crippen LogP contribution in [0.3, 0.4) is 0 Å². The minimum atomic E-state index is -0.577. The Hall–Kier alpha value is -2.27. The minimum Gasteiger partial charge on any atom is -0.376 e. The number of pyridine rings is 1.